The van der Waals surface area contributed by atoms with Crippen LogP contribution in [-0.2, 0) is 6.54 Å². The molecule has 0 saturated carbocycles. The van der Waals surface area contributed by atoms with Crippen molar-refractivity contribution in [1.82, 2.24) is 4.57 Å². The number of fused-ring (bicyclic) bond motifs is 1. The van der Waals surface area contributed by atoms with Crippen molar-refractivity contribution < 1.29 is 14.7 Å². The van der Waals surface area contributed by atoms with E-state index in [2.05, 4.69) is 0 Å². The fourth-order valence-electron chi connectivity index (χ4n) is 3.06. The number of benzene rings is 2. The Hall–Kier alpha value is -2.59. The minimum absolute atomic E-state index is 0.0431. The average molecular weight is 342 g/mol. The van der Waals surface area contributed by atoms with Crippen molar-refractivity contribution >= 4 is 34.3 Å². The first-order chi connectivity index (χ1) is 11.4. The summed E-state index contributed by atoms with van der Waals surface area (Å²) in [5.41, 5.74) is 3.25. The van der Waals surface area contributed by atoms with Gasteiger partial charge in [-0.3, -0.25) is 4.79 Å². The Labute approximate surface area is 144 Å². The SMILES string of the molecule is CC(=O)c1c(C)n(Cc2ccccc2Cl)c2cc(C(=O)O)ccc12. The molecule has 0 aliphatic carbocycles. The smallest absolute Gasteiger partial charge is 0.335 e. The molecule has 3 aromatic rings. The second-order valence-corrected chi connectivity index (χ2v) is 6.14. The molecule has 5 heteroatoms. The fraction of sp³-hybridized carbons (Fsp3) is 0.158. The molecule has 1 aromatic heterocycles. The van der Waals surface area contributed by atoms with Gasteiger partial charge in [-0.2, -0.15) is 0 Å². The van der Waals surface area contributed by atoms with Crippen LogP contribution in [0.2, 0.25) is 5.02 Å². The van der Waals surface area contributed by atoms with Gasteiger partial charge in [-0.25, -0.2) is 4.79 Å². The number of aromatic carboxylic acids is 1. The van der Waals surface area contributed by atoms with E-state index >= 15 is 0 Å². The number of hydrogen-bond acceptors (Lipinski definition) is 2. The third-order valence-corrected chi connectivity index (χ3v) is 4.58. The molecular formula is C19H16ClNO3. The topological polar surface area (TPSA) is 59.3 Å². The van der Waals surface area contributed by atoms with Crippen LogP contribution in [0, 0.1) is 6.92 Å². The molecule has 24 heavy (non-hydrogen) atoms. The zero-order valence-corrected chi connectivity index (χ0v) is 14.1. The summed E-state index contributed by atoms with van der Waals surface area (Å²) < 4.78 is 1.94. The van der Waals surface area contributed by atoms with Gasteiger partial charge in [0, 0.05) is 28.2 Å². The van der Waals surface area contributed by atoms with E-state index in [1.807, 2.05) is 35.8 Å². The Morgan fingerprint density at radius 2 is 1.88 bits per heavy atom. The third kappa shape index (κ3) is 2.69. The maximum absolute atomic E-state index is 12.1. The van der Waals surface area contributed by atoms with Gasteiger partial charge in [-0.05, 0) is 37.6 Å². The lowest BCUT2D eigenvalue weighted by molar-refractivity contribution is 0.0697. The number of ketones is 1. The summed E-state index contributed by atoms with van der Waals surface area (Å²) in [7, 11) is 0. The van der Waals surface area contributed by atoms with Gasteiger partial charge in [-0.1, -0.05) is 35.9 Å². The summed E-state index contributed by atoms with van der Waals surface area (Å²) in [4.78, 5) is 23.4. The Morgan fingerprint density at radius 1 is 1.17 bits per heavy atom. The Balaban J connectivity index is 2.27. The van der Waals surface area contributed by atoms with Crippen LogP contribution in [0.1, 0.15) is 38.9 Å². The number of hydrogen-bond donors (Lipinski definition) is 1. The van der Waals surface area contributed by atoms with Crippen molar-refractivity contribution in [3.05, 3.63) is 69.9 Å². The molecule has 122 valence electrons. The van der Waals surface area contributed by atoms with E-state index in [1.165, 1.54) is 13.0 Å². The van der Waals surface area contributed by atoms with Gasteiger partial charge >= 0.3 is 5.97 Å². The van der Waals surface area contributed by atoms with Gasteiger partial charge in [0.25, 0.3) is 0 Å². The van der Waals surface area contributed by atoms with Crippen LogP contribution in [-0.4, -0.2) is 21.4 Å². The molecular weight excluding hydrogens is 326 g/mol. The normalized spacial score (nSPS) is 11.0. The zero-order valence-electron chi connectivity index (χ0n) is 13.3. The monoisotopic (exact) mass is 341 g/mol. The minimum Gasteiger partial charge on any atom is -0.478 e. The number of aromatic nitrogens is 1. The molecule has 4 nitrogen and oxygen atoms in total. The molecule has 0 radical (unpaired) electrons. The van der Waals surface area contributed by atoms with Crippen LogP contribution < -0.4 is 0 Å². The van der Waals surface area contributed by atoms with Gasteiger partial charge < -0.3 is 9.67 Å². The maximum Gasteiger partial charge on any atom is 0.335 e. The number of carboxylic acid groups (broad SMARTS) is 1. The van der Waals surface area contributed by atoms with Crippen LogP contribution in [0.3, 0.4) is 0 Å². The van der Waals surface area contributed by atoms with Crippen molar-refractivity contribution in [2.75, 3.05) is 0 Å². The second kappa shape index (κ2) is 6.13. The highest BCUT2D eigenvalue weighted by Crippen LogP contribution is 2.29. The summed E-state index contributed by atoms with van der Waals surface area (Å²) in [5, 5.41) is 10.7. The lowest BCUT2D eigenvalue weighted by Gasteiger charge is -2.10. The largest absolute Gasteiger partial charge is 0.478 e. The first-order valence-electron chi connectivity index (χ1n) is 7.50. The molecule has 0 aliphatic heterocycles. The quantitative estimate of drug-likeness (QED) is 0.708. The van der Waals surface area contributed by atoms with Crippen LogP contribution in [0.15, 0.2) is 42.5 Å². The number of carboxylic acids is 1. The van der Waals surface area contributed by atoms with Crippen molar-refractivity contribution in [3.8, 4) is 0 Å². The Kier molecular flexibility index (Phi) is 4.16. The summed E-state index contributed by atoms with van der Waals surface area (Å²) in [6, 6.07) is 12.3. The molecule has 0 unspecified atom stereocenters. The minimum atomic E-state index is -0.996. The predicted octanol–water partition coefficient (Wildman–Crippen LogP) is 4.55. The number of halogens is 1. The standard InChI is InChI=1S/C19H16ClNO3/c1-11-18(12(2)22)15-8-7-13(19(23)24)9-17(15)21(11)10-14-5-3-4-6-16(14)20/h3-9H,10H2,1-2H3,(H,23,24). The van der Waals surface area contributed by atoms with Crippen LogP contribution in [0.25, 0.3) is 10.9 Å². The van der Waals surface area contributed by atoms with Gasteiger partial charge in [0.2, 0.25) is 0 Å². The molecule has 0 bridgehead atoms. The lowest BCUT2D eigenvalue weighted by Crippen LogP contribution is -2.04. The maximum atomic E-state index is 12.1. The zero-order chi connectivity index (χ0) is 17.4. The van der Waals surface area contributed by atoms with E-state index < -0.39 is 5.97 Å². The third-order valence-electron chi connectivity index (χ3n) is 4.21. The highest BCUT2D eigenvalue weighted by Gasteiger charge is 2.19. The van der Waals surface area contributed by atoms with E-state index in [0.29, 0.717) is 17.1 Å². The average Bonchev–Trinajstić information content (AvgIpc) is 2.81. The van der Waals surface area contributed by atoms with Gasteiger partial charge in [0.05, 0.1) is 11.1 Å². The fourth-order valence-corrected chi connectivity index (χ4v) is 3.25. The van der Waals surface area contributed by atoms with Crippen LogP contribution >= 0.6 is 11.6 Å². The Morgan fingerprint density at radius 3 is 2.50 bits per heavy atom. The molecule has 3 rings (SSSR count). The van der Waals surface area contributed by atoms with Gasteiger partial charge in [0.15, 0.2) is 5.78 Å². The summed E-state index contributed by atoms with van der Waals surface area (Å²) in [5.74, 6) is -1.04. The number of carbonyl (C=O) groups excluding carboxylic acids is 1. The number of rotatable bonds is 4. The first-order valence-corrected chi connectivity index (χ1v) is 7.88. The summed E-state index contributed by atoms with van der Waals surface area (Å²) in [6.45, 7) is 3.86. The molecule has 0 saturated heterocycles. The van der Waals surface area contributed by atoms with E-state index in [4.69, 9.17) is 11.6 Å². The number of nitrogens with zero attached hydrogens (tertiary/aromatic N) is 1. The number of Topliss-reactive ketones (excluding diaryl/α,β-unsaturated/α-hetero) is 1. The second-order valence-electron chi connectivity index (χ2n) is 5.73. The van der Waals surface area contributed by atoms with E-state index in [9.17, 15) is 14.7 Å². The van der Waals surface area contributed by atoms with Crippen molar-refractivity contribution in [2.24, 2.45) is 0 Å². The van der Waals surface area contributed by atoms with Crippen molar-refractivity contribution in [3.63, 3.8) is 0 Å². The van der Waals surface area contributed by atoms with Crippen LogP contribution in [0.5, 0.6) is 0 Å². The van der Waals surface area contributed by atoms with E-state index in [1.54, 1.807) is 12.1 Å². The van der Waals surface area contributed by atoms with Crippen molar-refractivity contribution in [2.45, 2.75) is 20.4 Å². The highest BCUT2D eigenvalue weighted by atomic mass is 35.5. The van der Waals surface area contributed by atoms with Crippen LogP contribution in [0.4, 0.5) is 0 Å². The summed E-state index contributed by atoms with van der Waals surface area (Å²) >= 11 is 6.25. The highest BCUT2D eigenvalue weighted by molar-refractivity contribution is 6.31. The van der Waals surface area contributed by atoms with E-state index in [-0.39, 0.29) is 11.3 Å². The molecule has 1 heterocycles. The lowest BCUT2D eigenvalue weighted by atomic mass is 10.1. The Bertz CT molecular complexity index is 972. The van der Waals surface area contributed by atoms with Crippen molar-refractivity contribution in [1.29, 1.82) is 0 Å². The number of carbonyl (C=O) groups is 2. The molecule has 2 aromatic carbocycles. The molecule has 1 N–H and O–H groups in total. The molecule has 0 amide bonds. The first kappa shape index (κ1) is 16.3. The van der Waals surface area contributed by atoms with Gasteiger partial charge in [-0.15, -0.1) is 0 Å². The predicted molar refractivity (Wildman–Crippen MR) is 94.2 cm³/mol. The molecule has 0 spiro atoms. The van der Waals surface area contributed by atoms with E-state index in [0.717, 1.165) is 22.2 Å². The molecule has 0 fully saturated rings. The molecule has 0 aliphatic rings. The van der Waals surface area contributed by atoms with Gasteiger partial charge in [0.1, 0.15) is 0 Å². The molecule has 0 atom stereocenters. The summed E-state index contributed by atoms with van der Waals surface area (Å²) in [6.07, 6.45) is 0.